The molecule has 0 aliphatic carbocycles. The Balaban J connectivity index is 1.78. The third kappa shape index (κ3) is 4.60. The van der Waals surface area contributed by atoms with Gasteiger partial charge in [0.2, 0.25) is 5.91 Å². The second kappa shape index (κ2) is 7.31. The zero-order valence-electron chi connectivity index (χ0n) is 14.1. The van der Waals surface area contributed by atoms with Gasteiger partial charge < -0.3 is 19.9 Å². The fourth-order valence-electron chi connectivity index (χ4n) is 2.90. The molecule has 6 heteroatoms. The first-order valence-electron chi connectivity index (χ1n) is 8.30. The molecule has 2 saturated heterocycles. The number of ether oxygens (including phenoxy) is 1. The van der Waals surface area contributed by atoms with Crippen molar-refractivity contribution in [1.82, 2.24) is 15.1 Å². The number of hydrogen-bond acceptors (Lipinski definition) is 3. The molecular formula is C16H29N3O3. The standard InChI is InChI=1S/C16H29N3O3/c1-16(2,3)14(20)18-7-9-19(10-8-18)15(21)17-13-5-4-11-22-12-6-13/h13H,4-12H2,1-3H3,(H,17,21). The Bertz CT molecular complexity index is 390. The number of nitrogens with zero attached hydrogens (tertiary/aromatic N) is 2. The number of rotatable bonds is 1. The van der Waals surface area contributed by atoms with Crippen molar-refractivity contribution in [3.05, 3.63) is 0 Å². The highest BCUT2D eigenvalue weighted by Gasteiger charge is 2.31. The Morgan fingerprint density at radius 2 is 1.64 bits per heavy atom. The van der Waals surface area contributed by atoms with Crippen molar-refractivity contribution in [3.8, 4) is 0 Å². The SMILES string of the molecule is CC(C)(C)C(=O)N1CCN(C(=O)NC2CCCOCC2)CC1. The van der Waals surface area contributed by atoms with Crippen LogP contribution in [0.4, 0.5) is 4.79 Å². The molecule has 1 unspecified atom stereocenters. The molecule has 2 aliphatic rings. The molecule has 2 fully saturated rings. The summed E-state index contributed by atoms with van der Waals surface area (Å²) in [6.45, 7) is 9.77. The minimum atomic E-state index is -0.356. The Morgan fingerprint density at radius 1 is 1.00 bits per heavy atom. The first-order valence-corrected chi connectivity index (χ1v) is 8.30. The number of nitrogens with one attached hydrogen (secondary N) is 1. The van der Waals surface area contributed by atoms with E-state index in [0.717, 1.165) is 32.5 Å². The van der Waals surface area contributed by atoms with Crippen LogP contribution in [0.25, 0.3) is 0 Å². The predicted molar refractivity (Wildman–Crippen MR) is 84.6 cm³/mol. The number of urea groups is 1. The number of carbonyl (C=O) groups excluding carboxylic acids is 2. The Morgan fingerprint density at radius 3 is 2.27 bits per heavy atom. The van der Waals surface area contributed by atoms with Crippen molar-refractivity contribution >= 4 is 11.9 Å². The summed E-state index contributed by atoms with van der Waals surface area (Å²) >= 11 is 0. The van der Waals surface area contributed by atoms with Crippen molar-refractivity contribution in [2.24, 2.45) is 5.41 Å². The van der Waals surface area contributed by atoms with Gasteiger partial charge in [0, 0.05) is 50.8 Å². The van der Waals surface area contributed by atoms with E-state index in [0.29, 0.717) is 26.2 Å². The van der Waals surface area contributed by atoms with Gasteiger partial charge in [0.05, 0.1) is 0 Å². The molecule has 2 rings (SSSR count). The van der Waals surface area contributed by atoms with E-state index in [2.05, 4.69) is 5.32 Å². The highest BCUT2D eigenvalue weighted by atomic mass is 16.5. The molecular weight excluding hydrogens is 282 g/mol. The summed E-state index contributed by atoms with van der Waals surface area (Å²) in [5, 5.41) is 3.11. The Labute approximate surface area is 133 Å². The summed E-state index contributed by atoms with van der Waals surface area (Å²) in [4.78, 5) is 28.2. The van der Waals surface area contributed by atoms with Crippen molar-refractivity contribution < 1.29 is 14.3 Å². The van der Waals surface area contributed by atoms with Crippen LogP contribution in [0.3, 0.4) is 0 Å². The molecule has 2 heterocycles. The summed E-state index contributed by atoms with van der Waals surface area (Å²) in [5.74, 6) is 0.161. The average molecular weight is 311 g/mol. The van der Waals surface area contributed by atoms with Crippen molar-refractivity contribution in [3.63, 3.8) is 0 Å². The van der Waals surface area contributed by atoms with Crippen LogP contribution in [-0.4, -0.2) is 67.2 Å². The number of piperazine rings is 1. The first kappa shape index (κ1) is 17.1. The third-order valence-electron chi connectivity index (χ3n) is 4.28. The highest BCUT2D eigenvalue weighted by molar-refractivity contribution is 5.82. The van der Waals surface area contributed by atoms with E-state index in [4.69, 9.17) is 4.74 Å². The van der Waals surface area contributed by atoms with Crippen molar-refractivity contribution in [2.45, 2.75) is 46.1 Å². The minimum absolute atomic E-state index is 0.00485. The molecule has 0 aromatic carbocycles. The summed E-state index contributed by atoms with van der Waals surface area (Å²) in [6.07, 6.45) is 2.86. The number of carbonyl (C=O) groups is 2. The van der Waals surface area contributed by atoms with Gasteiger partial charge in [-0.15, -0.1) is 0 Å². The molecule has 1 N–H and O–H groups in total. The second-order valence-electron chi connectivity index (χ2n) is 7.22. The molecule has 3 amide bonds. The second-order valence-corrected chi connectivity index (χ2v) is 7.22. The Hall–Kier alpha value is -1.30. The van der Waals surface area contributed by atoms with Gasteiger partial charge in [-0.05, 0) is 19.3 Å². The van der Waals surface area contributed by atoms with E-state index < -0.39 is 0 Å². The lowest BCUT2D eigenvalue weighted by atomic mass is 9.94. The lowest BCUT2D eigenvalue weighted by Gasteiger charge is -2.38. The van der Waals surface area contributed by atoms with Gasteiger partial charge in [-0.3, -0.25) is 4.79 Å². The van der Waals surface area contributed by atoms with Crippen molar-refractivity contribution in [1.29, 1.82) is 0 Å². The number of amides is 3. The lowest BCUT2D eigenvalue weighted by molar-refractivity contribution is -0.140. The first-order chi connectivity index (χ1) is 10.4. The summed E-state index contributed by atoms with van der Waals surface area (Å²) in [7, 11) is 0. The largest absolute Gasteiger partial charge is 0.381 e. The van der Waals surface area contributed by atoms with E-state index >= 15 is 0 Å². The van der Waals surface area contributed by atoms with Gasteiger partial charge in [0.1, 0.15) is 0 Å². The summed E-state index contributed by atoms with van der Waals surface area (Å²) < 4.78 is 5.41. The van der Waals surface area contributed by atoms with E-state index in [9.17, 15) is 9.59 Å². The molecule has 0 bridgehead atoms. The van der Waals surface area contributed by atoms with Gasteiger partial charge >= 0.3 is 6.03 Å². The topological polar surface area (TPSA) is 61.9 Å². The van der Waals surface area contributed by atoms with Gasteiger partial charge in [-0.2, -0.15) is 0 Å². The molecule has 126 valence electrons. The Kier molecular flexibility index (Phi) is 5.67. The van der Waals surface area contributed by atoms with Crippen LogP contribution in [0.5, 0.6) is 0 Å². The van der Waals surface area contributed by atoms with Crippen LogP contribution in [0.2, 0.25) is 0 Å². The molecule has 1 atom stereocenters. The van der Waals surface area contributed by atoms with E-state index in [1.54, 1.807) is 0 Å². The molecule has 0 spiro atoms. The van der Waals surface area contributed by atoms with Crippen LogP contribution < -0.4 is 5.32 Å². The maximum atomic E-state index is 12.3. The minimum Gasteiger partial charge on any atom is -0.381 e. The maximum Gasteiger partial charge on any atom is 0.317 e. The highest BCUT2D eigenvalue weighted by Crippen LogP contribution is 2.18. The smallest absolute Gasteiger partial charge is 0.317 e. The maximum absolute atomic E-state index is 12.3. The zero-order valence-corrected chi connectivity index (χ0v) is 14.1. The van der Waals surface area contributed by atoms with Crippen LogP contribution in [0.1, 0.15) is 40.0 Å². The molecule has 0 aromatic heterocycles. The zero-order chi connectivity index (χ0) is 16.2. The van der Waals surface area contributed by atoms with E-state index in [1.807, 2.05) is 30.6 Å². The molecule has 6 nitrogen and oxygen atoms in total. The predicted octanol–water partition coefficient (Wildman–Crippen LogP) is 1.46. The van der Waals surface area contributed by atoms with Crippen molar-refractivity contribution in [2.75, 3.05) is 39.4 Å². The molecule has 2 aliphatic heterocycles. The molecule has 0 saturated carbocycles. The normalized spacial score (nSPS) is 23.9. The monoisotopic (exact) mass is 311 g/mol. The molecule has 0 aromatic rings. The molecule has 22 heavy (non-hydrogen) atoms. The molecule has 0 radical (unpaired) electrons. The lowest BCUT2D eigenvalue weighted by Crippen LogP contribution is -2.56. The van der Waals surface area contributed by atoms with Crippen LogP contribution in [0.15, 0.2) is 0 Å². The van der Waals surface area contributed by atoms with Crippen LogP contribution >= 0.6 is 0 Å². The third-order valence-corrected chi connectivity index (χ3v) is 4.28. The number of hydrogen-bond donors (Lipinski definition) is 1. The fraction of sp³-hybridized carbons (Fsp3) is 0.875. The summed E-state index contributed by atoms with van der Waals surface area (Å²) in [5.41, 5.74) is -0.356. The van der Waals surface area contributed by atoms with Crippen LogP contribution in [0, 0.1) is 5.41 Å². The van der Waals surface area contributed by atoms with E-state index in [1.165, 1.54) is 0 Å². The fourth-order valence-corrected chi connectivity index (χ4v) is 2.90. The van der Waals surface area contributed by atoms with Gasteiger partial charge in [-0.25, -0.2) is 4.79 Å². The summed E-state index contributed by atoms with van der Waals surface area (Å²) in [6, 6.07) is 0.207. The van der Waals surface area contributed by atoms with Gasteiger partial charge in [-0.1, -0.05) is 20.8 Å². The van der Waals surface area contributed by atoms with Gasteiger partial charge in [0.15, 0.2) is 0 Å². The van der Waals surface area contributed by atoms with Crippen LogP contribution in [-0.2, 0) is 9.53 Å². The van der Waals surface area contributed by atoms with Gasteiger partial charge in [0.25, 0.3) is 0 Å². The average Bonchev–Trinajstić information content (AvgIpc) is 2.74. The van der Waals surface area contributed by atoms with E-state index in [-0.39, 0.29) is 23.4 Å². The quantitative estimate of drug-likeness (QED) is 0.797.